The monoisotopic (exact) mass is 348 g/mol. The molecule has 2 nitrogen and oxygen atoms in total. The van der Waals surface area contributed by atoms with Crippen LogP contribution in [0.3, 0.4) is 0 Å². The van der Waals surface area contributed by atoms with Crippen LogP contribution in [0.25, 0.3) is 22.5 Å². The van der Waals surface area contributed by atoms with Crippen molar-refractivity contribution in [2.75, 3.05) is 0 Å². The molecule has 0 fully saturated rings. The van der Waals surface area contributed by atoms with E-state index in [2.05, 4.69) is 28.7 Å². The topological polar surface area (TPSA) is 25.8 Å². The lowest BCUT2D eigenvalue weighted by molar-refractivity contribution is 0.513. The Labute approximate surface area is 152 Å². The highest BCUT2D eigenvalue weighted by molar-refractivity contribution is 5.69. The molecule has 0 saturated heterocycles. The first-order chi connectivity index (χ1) is 12.6. The SMILES string of the molecule is CC#Cc1ccc(-c2ccc(-c3ncc(CCC)cn3)c(F)c2F)cc1. The van der Waals surface area contributed by atoms with Crippen molar-refractivity contribution in [1.29, 1.82) is 0 Å². The lowest BCUT2D eigenvalue weighted by Crippen LogP contribution is -1.98. The van der Waals surface area contributed by atoms with E-state index in [-0.39, 0.29) is 17.0 Å². The molecule has 0 spiro atoms. The summed E-state index contributed by atoms with van der Waals surface area (Å²) < 4.78 is 29.2. The Morgan fingerprint density at radius 2 is 1.50 bits per heavy atom. The Morgan fingerprint density at radius 1 is 0.885 bits per heavy atom. The first kappa shape index (κ1) is 17.8. The predicted octanol–water partition coefficient (Wildman–Crippen LogP) is 5.41. The van der Waals surface area contributed by atoms with Gasteiger partial charge in [0.05, 0.1) is 5.56 Å². The summed E-state index contributed by atoms with van der Waals surface area (Å²) >= 11 is 0. The third-order valence-corrected chi connectivity index (χ3v) is 4.03. The van der Waals surface area contributed by atoms with Gasteiger partial charge in [-0.25, -0.2) is 18.7 Å². The van der Waals surface area contributed by atoms with E-state index in [1.165, 1.54) is 6.07 Å². The maximum Gasteiger partial charge on any atom is 0.170 e. The Hall–Kier alpha value is -3.06. The highest BCUT2D eigenvalue weighted by atomic mass is 19.2. The number of nitrogens with zero attached hydrogens (tertiary/aromatic N) is 2. The van der Waals surface area contributed by atoms with Gasteiger partial charge in [-0.1, -0.05) is 37.5 Å². The molecule has 0 aliphatic rings. The molecule has 0 aliphatic carbocycles. The Kier molecular flexibility index (Phi) is 5.38. The van der Waals surface area contributed by atoms with Crippen LogP contribution in [0.5, 0.6) is 0 Å². The molecular weight excluding hydrogens is 330 g/mol. The van der Waals surface area contributed by atoms with E-state index in [0.29, 0.717) is 5.56 Å². The molecule has 4 heteroatoms. The highest BCUT2D eigenvalue weighted by Gasteiger charge is 2.17. The first-order valence-corrected chi connectivity index (χ1v) is 8.46. The van der Waals surface area contributed by atoms with Crippen LogP contribution < -0.4 is 0 Å². The maximum atomic E-state index is 14.6. The number of hydrogen-bond donors (Lipinski definition) is 0. The fraction of sp³-hybridized carbons (Fsp3) is 0.182. The van der Waals surface area contributed by atoms with Crippen molar-refractivity contribution in [2.45, 2.75) is 26.7 Å². The van der Waals surface area contributed by atoms with Crippen molar-refractivity contribution < 1.29 is 8.78 Å². The van der Waals surface area contributed by atoms with Gasteiger partial charge in [0.2, 0.25) is 0 Å². The molecule has 0 atom stereocenters. The molecule has 0 amide bonds. The van der Waals surface area contributed by atoms with Crippen molar-refractivity contribution >= 4 is 0 Å². The van der Waals surface area contributed by atoms with Gasteiger partial charge in [-0.2, -0.15) is 0 Å². The highest BCUT2D eigenvalue weighted by Crippen LogP contribution is 2.30. The van der Waals surface area contributed by atoms with Crippen LogP contribution in [0, 0.1) is 23.5 Å². The molecule has 0 saturated carbocycles. The van der Waals surface area contributed by atoms with Crippen LogP contribution in [-0.4, -0.2) is 9.97 Å². The van der Waals surface area contributed by atoms with Crippen molar-refractivity contribution in [1.82, 2.24) is 9.97 Å². The molecule has 1 heterocycles. The summed E-state index contributed by atoms with van der Waals surface area (Å²) in [6.07, 6.45) is 5.15. The molecule has 26 heavy (non-hydrogen) atoms. The zero-order valence-electron chi connectivity index (χ0n) is 14.7. The smallest absolute Gasteiger partial charge is 0.170 e. The number of benzene rings is 2. The average molecular weight is 348 g/mol. The van der Waals surface area contributed by atoms with Crippen LogP contribution in [0.1, 0.15) is 31.4 Å². The van der Waals surface area contributed by atoms with E-state index in [1.807, 2.05) is 0 Å². The van der Waals surface area contributed by atoms with Gasteiger partial charge in [0, 0.05) is 23.5 Å². The largest absolute Gasteiger partial charge is 0.236 e. The molecular formula is C22H18F2N2. The van der Waals surface area contributed by atoms with Gasteiger partial charge in [-0.15, -0.1) is 5.92 Å². The van der Waals surface area contributed by atoms with Crippen molar-refractivity contribution in [3.8, 4) is 34.4 Å². The Morgan fingerprint density at radius 3 is 2.12 bits per heavy atom. The number of aryl methyl sites for hydroxylation is 1. The molecule has 3 aromatic rings. The van der Waals surface area contributed by atoms with Gasteiger partial charge in [-0.3, -0.25) is 0 Å². The average Bonchev–Trinajstić information content (AvgIpc) is 2.66. The Bertz CT molecular complexity index is 966. The van der Waals surface area contributed by atoms with Crippen LogP contribution in [0.2, 0.25) is 0 Å². The van der Waals surface area contributed by atoms with Crippen LogP contribution in [-0.2, 0) is 6.42 Å². The Balaban J connectivity index is 1.96. The van der Waals surface area contributed by atoms with Gasteiger partial charge in [0.25, 0.3) is 0 Å². The molecule has 0 unspecified atom stereocenters. The summed E-state index contributed by atoms with van der Waals surface area (Å²) in [5.41, 5.74) is 2.65. The number of hydrogen-bond acceptors (Lipinski definition) is 2. The second kappa shape index (κ2) is 7.88. The summed E-state index contributed by atoms with van der Waals surface area (Å²) in [6, 6.07) is 10.1. The van der Waals surface area contributed by atoms with Crippen LogP contribution in [0.15, 0.2) is 48.8 Å². The lowest BCUT2D eigenvalue weighted by Gasteiger charge is -2.09. The summed E-state index contributed by atoms with van der Waals surface area (Å²) in [5, 5.41) is 0. The third-order valence-electron chi connectivity index (χ3n) is 4.03. The van der Waals surface area contributed by atoms with Gasteiger partial charge in [-0.05, 0) is 42.7 Å². The second-order valence-electron chi connectivity index (χ2n) is 5.91. The lowest BCUT2D eigenvalue weighted by atomic mass is 10.0. The third kappa shape index (κ3) is 3.62. The van der Waals surface area contributed by atoms with Gasteiger partial charge >= 0.3 is 0 Å². The summed E-state index contributed by atoms with van der Waals surface area (Å²) in [4.78, 5) is 8.34. The number of rotatable bonds is 4. The van der Waals surface area contributed by atoms with E-state index in [0.717, 1.165) is 24.0 Å². The van der Waals surface area contributed by atoms with Gasteiger partial charge < -0.3 is 0 Å². The molecule has 0 N–H and O–H groups in total. The van der Waals surface area contributed by atoms with E-state index >= 15 is 0 Å². The second-order valence-corrected chi connectivity index (χ2v) is 5.91. The summed E-state index contributed by atoms with van der Waals surface area (Å²) in [6.45, 7) is 3.81. The number of halogens is 2. The normalized spacial score (nSPS) is 10.3. The molecule has 0 bridgehead atoms. The zero-order valence-corrected chi connectivity index (χ0v) is 14.7. The summed E-state index contributed by atoms with van der Waals surface area (Å²) in [7, 11) is 0. The van der Waals surface area contributed by atoms with E-state index in [9.17, 15) is 8.78 Å². The molecule has 3 rings (SSSR count). The number of aromatic nitrogens is 2. The first-order valence-electron chi connectivity index (χ1n) is 8.46. The minimum atomic E-state index is -0.942. The van der Waals surface area contributed by atoms with Gasteiger partial charge in [0.15, 0.2) is 17.5 Å². The van der Waals surface area contributed by atoms with Crippen molar-refractivity contribution in [3.05, 3.63) is 71.6 Å². The molecule has 1 aromatic heterocycles. The van der Waals surface area contributed by atoms with Gasteiger partial charge in [0.1, 0.15) is 0 Å². The minimum Gasteiger partial charge on any atom is -0.236 e. The fourth-order valence-electron chi connectivity index (χ4n) is 2.73. The van der Waals surface area contributed by atoms with Crippen LogP contribution in [0.4, 0.5) is 8.78 Å². The maximum absolute atomic E-state index is 14.6. The quantitative estimate of drug-likeness (QED) is 0.589. The minimum absolute atomic E-state index is 0.0581. The summed E-state index contributed by atoms with van der Waals surface area (Å²) in [5.74, 6) is 4.06. The molecule has 0 radical (unpaired) electrons. The van der Waals surface area contributed by atoms with Crippen LogP contribution >= 0.6 is 0 Å². The van der Waals surface area contributed by atoms with E-state index < -0.39 is 11.6 Å². The zero-order chi connectivity index (χ0) is 18.5. The molecule has 130 valence electrons. The van der Waals surface area contributed by atoms with Crippen molar-refractivity contribution in [3.63, 3.8) is 0 Å². The molecule has 0 aliphatic heterocycles. The van der Waals surface area contributed by atoms with Crippen molar-refractivity contribution in [2.24, 2.45) is 0 Å². The van der Waals surface area contributed by atoms with E-state index in [1.54, 1.807) is 49.6 Å². The van der Waals surface area contributed by atoms with E-state index in [4.69, 9.17) is 0 Å². The predicted molar refractivity (Wildman–Crippen MR) is 99.4 cm³/mol. The standard InChI is InChI=1S/C22H18F2N2/c1-3-5-15-7-9-17(10-8-15)18-11-12-19(21(24)20(18)23)22-25-13-16(6-4-2)14-26-22/h7-14H,4,6H2,1-2H3. The molecule has 2 aromatic carbocycles. The fourth-order valence-corrected chi connectivity index (χ4v) is 2.73.